The first-order valence-electron chi connectivity index (χ1n) is 5.31. The molecule has 0 fully saturated rings. The molecule has 1 unspecified atom stereocenters. The van der Waals surface area contributed by atoms with Crippen molar-refractivity contribution in [2.45, 2.75) is 25.3 Å². The summed E-state index contributed by atoms with van der Waals surface area (Å²) in [4.78, 5) is 1.49. The van der Waals surface area contributed by atoms with Crippen LogP contribution < -0.4 is 5.32 Å². The molecule has 1 nitrogen and oxygen atoms in total. The zero-order valence-corrected chi connectivity index (χ0v) is 11.3. The first-order chi connectivity index (χ1) is 7.31. The monoisotopic (exact) mass is 261 g/mol. The van der Waals surface area contributed by atoms with E-state index < -0.39 is 0 Å². The molecule has 0 saturated carbocycles. The predicted molar refractivity (Wildman–Crippen MR) is 71.4 cm³/mol. The van der Waals surface area contributed by atoms with E-state index in [2.05, 4.69) is 17.6 Å². The van der Waals surface area contributed by atoms with Crippen LogP contribution in [0.15, 0.2) is 6.07 Å². The Kier molecular flexibility index (Phi) is 4.38. The molecule has 2 rings (SSSR count). The molecule has 1 heterocycles. The second-order valence-corrected chi connectivity index (χ2v) is 6.57. The Balaban J connectivity index is 1.84. The van der Waals surface area contributed by atoms with Crippen molar-refractivity contribution in [3.05, 3.63) is 20.8 Å². The molecule has 15 heavy (non-hydrogen) atoms. The van der Waals surface area contributed by atoms with Gasteiger partial charge in [-0.1, -0.05) is 11.6 Å². The van der Waals surface area contributed by atoms with Crippen LogP contribution in [0.2, 0.25) is 4.34 Å². The van der Waals surface area contributed by atoms with Crippen LogP contribution in [0.3, 0.4) is 0 Å². The molecule has 0 bridgehead atoms. The van der Waals surface area contributed by atoms with E-state index in [9.17, 15) is 0 Å². The van der Waals surface area contributed by atoms with Crippen molar-refractivity contribution in [2.75, 3.05) is 18.6 Å². The van der Waals surface area contributed by atoms with Crippen molar-refractivity contribution in [3.8, 4) is 0 Å². The average Bonchev–Trinajstić information content (AvgIpc) is 2.73. The number of hydrogen-bond acceptors (Lipinski definition) is 3. The summed E-state index contributed by atoms with van der Waals surface area (Å²) >= 11 is 9.68. The predicted octanol–water partition coefficient (Wildman–Crippen LogP) is 3.73. The Morgan fingerprint density at radius 2 is 2.53 bits per heavy atom. The molecule has 0 saturated heterocycles. The van der Waals surface area contributed by atoms with E-state index in [0.717, 1.165) is 10.9 Å². The Bertz CT molecular complexity index is 324. The minimum absolute atomic E-state index is 0.561. The minimum Gasteiger partial charge on any atom is -0.310 e. The largest absolute Gasteiger partial charge is 0.310 e. The Labute approximate surface area is 105 Å². The van der Waals surface area contributed by atoms with Gasteiger partial charge >= 0.3 is 0 Å². The lowest BCUT2D eigenvalue weighted by Crippen LogP contribution is -2.20. The molecule has 0 aromatic carbocycles. The van der Waals surface area contributed by atoms with Crippen molar-refractivity contribution in [3.63, 3.8) is 0 Å². The van der Waals surface area contributed by atoms with Gasteiger partial charge in [0.2, 0.25) is 0 Å². The fraction of sp³-hybridized carbons (Fsp3) is 0.636. The van der Waals surface area contributed by atoms with E-state index in [1.54, 1.807) is 11.3 Å². The van der Waals surface area contributed by atoms with Crippen LogP contribution in [0.25, 0.3) is 0 Å². The SMILES string of the molecule is CSCCCNC1CCc2sc(Cl)cc21. The Morgan fingerprint density at radius 1 is 1.67 bits per heavy atom. The van der Waals surface area contributed by atoms with Gasteiger partial charge in [-0.25, -0.2) is 0 Å². The molecule has 0 radical (unpaired) electrons. The lowest BCUT2D eigenvalue weighted by molar-refractivity contribution is 0.530. The van der Waals surface area contributed by atoms with Gasteiger partial charge in [0.05, 0.1) is 4.34 Å². The molecule has 0 amide bonds. The maximum Gasteiger partial charge on any atom is 0.0934 e. The summed E-state index contributed by atoms with van der Waals surface area (Å²) in [6.07, 6.45) is 5.86. The van der Waals surface area contributed by atoms with Crippen LogP contribution >= 0.6 is 34.7 Å². The molecule has 84 valence electrons. The summed E-state index contributed by atoms with van der Waals surface area (Å²) in [7, 11) is 0. The molecule has 1 aromatic heterocycles. The Morgan fingerprint density at radius 3 is 3.33 bits per heavy atom. The van der Waals surface area contributed by atoms with Crippen LogP contribution in [0.4, 0.5) is 0 Å². The normalized spacial score (nSPS) is 19.5. The molecule has 1 aromatic rings. The summed E-state index contributed by atoms with van der Waals surface area (Å²) in [6, 6.07) is 2.70. The van der Waals surface area contributed by atoms with Crippen molar-refractivity contribution in [1.82, 2.24) is 5.32 Å². The summed E-state index contributed by atoms with van der Waals surface area (Å²) < 4.78 is 0.940. The molecular weight excluding hydrogens is 246 g/mol. The first-order valence-corrected chi connectivity index (χ1v) is 7.90. The van der Waals surface area contributed by atoms with Crippen LogP contribution in [-0.2, 0) is 6.42 Å². The van der Waals surface area contributed by atoms with Crippen molar-refractivity contribution >= 4 is 34.7 Å². The van der Waals surface area contributed by atoms with Gasteiger partial charge in [0.25, 0.3) is 0 Å². The molecule has 1 aliphatic rings. The Hall–Kier alpha value is 0.300. The fourth-order valence-electron chi connectivity index (χ4n) is 2.03. The zero-order valence-electron chi connectivity index (χ0n) is 8.88. The van der Waals surface area contributed by atoms with Gasteiger partial charge in [0.15, 0.2) is 0 Å². The van der Waals surface area contributed by atoms with E-state index in [4.69, 9.17) is 11.6 Å². The summed E-state index contributed by atoms with van der Waals surface area (Å²) in [5.41, 5.74) is 1.45. The summed E-state index contributed by atoms with van der Waals surface area (Å²) in [5.74, 6) is 1.25. The number of fused-ring (bicyclic) bond motifs is 1. The molecular formula is C11H16ClNS2. The number of thiophene rings is 1. The van der Waals surface area contributed by atoms with Crippen molar-refractivity contribution in [1.29, 1.82) is 0 Å². The lowest BCUT2D eigenvalue weighted by Gasteiger charge is -2.12. The maximum absolute atomic E-state index is 6.01. The smallest absolute Gasteiger partial charge is 0.0934 e. The number of halogens is 1. The molecule has 1 N–H and O–H groups in total. The van der Waals surface area contributed by atoms with Gasteiger partial charge < -0.3 is 5.32 Å². The number of hydrogen-bond donors (Lipinski definition) is 1. The third-order valence-corrected chi connectivity index (χ3v) is 4.80. The average molecular weight is 262 g/mol. The van der Waals surface area contributed by atoms with Crippen LogP contribution in [-0.4, -0.2) is 18.6 Å². The maximum atomic E-state index is 6.01. The number of thioether (sulfide) groups is 1. The van der Waals surface area contributed by atoms with Crippen molar-refractivity contribution in [2.24, 2.45) is 0 Å². The minimum atomic E-state index is 0.561. The number of rotatable bonds is 5. The summed E-state index contributed by atoms with van der Waals surface area (Å²) in [5, 5.41) is 3.62. The van der Waals surface area contributed by atoms with Crippen molar-refractivity contribution < 1.29 is 0 Å². The third kappa shape index (κ3) is 2.90. The second kappa shape index (κ2) is 5.58. The zero-order chi connectivity index (χ0) is 10.7. The van der Waals surface area contributed by atoms with Gasteiger partial charge in [-0.3, -0.25) is 0 Å². The number of aryl methyl sites for hydroxylation is 1. The highest BCUT2D eigenvalue weighted by Crippen LogP contribution is 2.39. The van der Waals surface area contributed by atoms with E-state index in [0.29, 0.717) is 6.04 Å². The topological polar surface area (TPSA) is 12.0 Å². The molecule has 1 aliphatic carbocycles. The second-order valence-electron chi connectivity index (χ2n) is 3.82. The lowest BCUT2D eigenvalue weighted by atomic mass is 10.2. The van der Waals surface area contributed by atoms with Gasteiger partial charge in [0, 0.05) is 10.9 Å². The van der Waals surface area contributed by atoms with Crippen LogP contribution in [0.1, 0.15) is 29.3 Å². The quantitative estimate of drug-likeness (QED) is 0.811. The highest BCUT2D eigenvalue weighted by Gasteiger charge is 2.24. The van der Waals surface area contributed by atoms with E-state index in [-0.39, 0.29) is 0 Å². The van der Waals surface area contributed by atoms with Crippen LogP contribution in [0, 0.1) is 0 Å². The first kappa shape index (κ1) is 11.8. The number of nitrogens with one attached hydrogen (secondary N) is 1. The standard InChI is InChI=1S/C11H16ClNS2/c1-14-6-2-5-13-9-3-4-10-8(9)7-11(12)15-10/h7,9,13H,2-6H2,1H3. The highest BCUT2D eigenvalue weighted by molar-refractivity contribution is 7.98. The highest BCUT2D eigenvalue weighted by atomic mass is 35.5. The fourth-order valence-corrected chi connectivity index (χ4v) is 3.83. The van der Waals surface area contributed by atoms with E-state index in [1.807, 2.05) is 11.8 Å². The van der Waals surface area contributed by atoms with E-state index in [1.165, 1.54) is 35.5 Å². The van der Waals surface area contributed by atoms with Gasteiger partial charge in [0.1, 0.15) is 0 Å². The van der Waals surface area contributed by atoms with Gasteiger partial charge in [-0.2, -0.15) is 11.8 Å². The van der Waals surface area contributed by atoms with Gasteiger partial charge in [-0.15, -0.1) is 11.3 Å². The molecule has 0 spiro atoms. The molecule has 4 heteroatoms. The van der Waals surface area contributed by atoms with Gasteiger partial charge in [-0.05, 0) is 49.4 Å². The third-order valence-electron chi connectivity index (χ3n) is 2.76. The molecule has 1 atom stereocenters. The summed E-state index contributed by atoms with van der Waals surface area (Å²) in [6.45, 7) is 1.12. The van der Waals surface area contributed by atoms with E-state index >= 15 is 0 Å². The van der Waals surface area contributed by atoms with Crippen LogP contribution in [0.5, 0.6) is 0 Å². The molecule has 0 aliphatic heterocycles.